The van der Waals surface area contributed by atoms with Gasteiger partial charge in [0.2, 0.25) is 0 Å². The third-order valence-corrected chi connectivity index (χ3v) is 2.87. The van der Waals surface area contributed by atoms with Crippen LogP contribution in [-0.2, 0) is 0 Å². The number of aromatic nitrogens is 2. The van der Waals surface area contributed by atoms with Gasteiger partial charge in [0.05, 0.1) is 18.9 Å². The molecular weight excluding hydrogens is 269 g/mol. The molecule has 2 rings (SSSR count). The Morgan fingerprint density at radius 3 is 2.39 bits per heavy atom. The van der Waals surface area contributed by atoms with Crippen LogP contribution in [0.25, 0.3) is 0 Å². The topological polar surface area (TPSA) is 32.3 Å². The first kappa shape index (κ1) is 13.4. The molecule has 0 spiro atoms. The Labute approximate surface area is 107 Å². The van der Waals surface area contributed by atoms with Crippen molar-refractivity contribution in [3.8, 4) is 0 Å². The number of hydrogen-bond donors (Lipinski definition) is 0. The second-order valence-corrected chi connectivity index (χ2v) is 4.47. The van der Waals surface area contributed by atoms with Crippen molar-refractivity contribution in [2.45, 2.75) is 6.18 Å². The molecule has 8 heteroatoms. The van der Waals surface area contributed by atoms with Gasteiger partial charge in [-0.2, -0.15) is 13.2 Å². The molecule has 0 bridgehead atoms. The average Bonchev–Trinajstić information content (AvgIpc) is 2.28. The molecule has 0 aromatic carbocycles. The molecule has 18 heavy (non-hydrogen) atoms. The Morgan fingerprint density at radius 2 is 1.83 bits per heavy atom. The third kappa shape index (κ3) is 3.71. The Kier molecular flexibility index (Phi) is 3.91. The predicted octanol–water partition coefficient (Wildman–Crippen LogP) is 1.81. The van der Waals surface area contributed by atoms with Gasteiger partial charge in [-0.1, -0.05) is 11.6 Å². The highest BCUT2D eigenvalue weighted by atomic mass is 35.5. The molecule has 0 N–H and O–H groups in total. The predicted molar refractivity (Wildman–Crippen MR) is 61.8 cm³/mol. The monoisotopic (exact) mass is 280 g/mol. The van der Waals surface area contributed by atoms with E-state index in [4.69, 9.17) is 11.6 Å². The molecule has 2 heterocycles. The van der Waals surface area contributed by atoms with Gasteiger partial charge in [0.25, 0.3) is 0 Å². The molecule has 0 amide bonds. The lowest BCUT2D eigenvalue weighted by Gasteiger charge is -2.35. The molecule has 1 aliphatic heterocycles. The SMILES string of the molecule is FC(F)(F)CN1CCN(c2cncc(Cl)n2)CC1. The van der Waals surface area contributed by atoms with Crippen LogP contribution in [0.1, 0.15) is 0 Å². The Balaban J connectivity index is 1.91. The number of alkyl halides is 3. The lowest BCUT2D eigenvalue weighted by Crippen LogP contribution is -2.49. The van der Waals surface area contributed by atoms with E-state index < -0.39 is 12.7 Å². The van der Waals surface area contributed by atoms with Crippen LogP contribution in [0.3, 0.4) is 0 Å². The van der Waals surface area contributed by atoms with Gasteiger partial charge >= 0.3 is 6.18 Å². The van der Waals surface area contributed by atoms with E-state index in [1.807, 2.05) is 4.90 Å². The van der Waals surface area contributed by atoms with Crippen LogP contribution in [0.4, 0.5) is 19.0 Å². The van der Waals surface area contributed by atoms with E-state index in [9.17, 15) is 13.2 Å². The average molecular weight is 281 g/mol. The van der Waals surface area contributed by atoms with E-state index in [0.717, 1.165) is 0 Å². The first-order valence-corrected chi connectivity index (χ1v) is 5.83. The molecule has 0 unspecified atom stereocenters. The molecule has 0 saturated carbocycles. The quantitative estimate of drug-likeness (QED) is 0.827. The molecule has 1 aliphatic rings. The van der Waals surface area contributed by atoms with Crippen LogP contribution in [0.15, 0.2) is 12.4 Å². The largest absolute Gasteiger partial charge is 0.401 e. The van der Waals surface area contributed by atoms with Gasteiger partial charge in [0.1, 0.15) is 11.0 Å². The highest BCUT2D eigenvalue weighted by molar-refractivity contribution is 6.29. The number of piperazine rings is 1. The van der Waals surface area contributed by atoms with Crippen LogP contribution in [-0.4, -0.2) is 53.8 Å². The molecule has 4 nitrogen and oxygen atoms in total. The van der Waals surface area contributed by atoms with E-state index in [1.54, 1.807) is 6.20 Å². The van der Waals surface area contributed by atoms with Gasteiger partial charge in [-0.3, -0.25) is 9.88 Å². The summed E-state index contributed by atoms with van der Waals surface area (Å²) in [6.07, 6.45) is -1.16. The second-order valence-electron chi connectivity index (χ2n) is 4.08. The maximum Gasteiger partial charge on any atom is 0.401 e. The summed E-state index contributed by atoms with van der Waals surface area (Å²) >= 11 is 5.72. The molecule has 1 aromatic rings. The summed E-state index contributed by atoms with van der Waals surface area (Å²) < 4.78 is 36.7. The number of rotatable bonds is 2. The minimum Gasteiger partial charge on any atom is -0.353 e. The van der Waals surface area contributed by atoms with E-state index in [1.165, 1.54) is 11.1 Å². The molecule has 1 fully saturated rings. The van der Waals surface area contributed by atoms with Gasteiger partial charge < -0.3 is 4.90 Å². The molecule has 0 atom stereocenters. The highest BCUT2D eigenvalue weighted by Gasteiger charge is 2.32. The number of hydrogen-bond acceptors (Lipinski definition) is 4. The molecule has 1 aromatic heterocycles. The summed E-state index contributed by atoms with van der Waals surface area (Å²) in [5.41, 5.74) is 0. The van der Waals surface area contributed by atoms with E-state index in [-0.39, 0.29) is 5.15 Å². The summed E-state index contributed by atoms with van der Waals surface area (Å²) in [6, 6.07) is 0. The van der Waals surface area contributed by atoms with Crippen LogP contribution in [0.2, 0.25) is 5.15 Å². The van der Waals surface area contributed by atoms with Gasteiger partial charge in [-0.15, -0.1) is 0 Å². The molecular formula is C10H12ClF3N4. The maximum absolute atomic E-state index is 12.2. The van der Waals surface area contributed by atoms with E-state index in [2.05, 4.69) is 9.97 Å². The maximum atomic E-state index is 12.2. The fraction of sp³-hybridized carbons (Fsp3) is 0.600. The van der Waals surface area contributed by atoms with E-state index in [0.29, 0.717) is 32.0 Å². The van der Waals surface area contributed by atoms with Gasteiger partial charge in [-0.05, 0) is 0 Å². The smallest absolute Gasteiger partial charge is 0.353 e. The Bertz CT molecular complexity index is 404. The normalized spacial score (nSPS) is 18.1. The van der Waals surface area contributed by atoms with Crippen LogP contribution < -0.4 is 4.90 Å². The zero-order valence-corrected chi connectivity index (χ0v) is 10.2. The summed E-state index contributed by atoms with van der Waals surface area (Å²) in [7, 11) is 0. The van der Waals surface area contributed by atoms with E-state index >= 15 is 0 Å². The molecule has 1 saturated heterocycles. The second kappa shape index (κ2) is 5.27. The zero-order valence-electron chi connectivity index (χ0n) is 9.49. The van der Waals surface area contributed by atoms with Crippen LogP contribution in [0, 0.1) is 0 Å². The summed E-state index contributed by atoms with van der Waals surface area (Å²) in [5.74, 6) is 0.606. The van der Waals surface area contributed by atoms with Gasteiger partial charge in [0, 0.05) is 26.2 Å². The van der Waals surface area contributed by atoms with Crippen molar-refractivity contribution in [2.75, 3.05) is 37.6 Å². The van der Waals surface area contributed by atoms with Crippen molar-refractivity contribution in [1.29, 1.82) is 0 Å². The van der Waals surface area contributed by atoms with Crippen molar-refractivity contribution in [1.82, 2.24) is 14.9 Å². The van der Waals surface area contributed by atoms with Crippen molar-refractivity contribution < 1.29 is 13.2 Å². The first-order valence-electron chi connectivity index (χ1n) is 5.46. The van der Waals surface area contributed by atoms with Crippen molar-refractivity contribution in [2.24, 2.45) is 0 Å². The van der Waals surface area contributed by atoms with Crippen molar-refractivity contribution >= 4 is 17.4 Å². The number of anilines is 1. The first-order chi connectivity index (χ1) is 8.44. The summed E-state index contributed by atoms with van der Waals surface area (Å²) in [5, 5.41) is 0.283. The molecule has 0 radical (unpaired) electrons. The minimum atomic E-state index is -4.14. The standard InChI is InChI=1S/C10H12ClF3N4/c11-8-5-15-6-9(16-8)18-3-1-17(2-4-18)7-10(12,13)14/h5-6H,1-4,7H2. The van der Waals surface area contributed by atoms with Gasteiger partial charge in [-0.25, -0.2) is 4.98 Å². The van der Waals surface area contributed by atoms with Crippen molar-refractivity contribution in [3.05, 3.63) is 17.5 Å². The lowest BCUT2D eigenvalue weighted by molar-refractivity contribution is -0.146. The summed E-state index contributed by atoms with van der Waals surface area (Å²) in [4.78, 5) is 11.3. The Hall–Kier alpha value is -1.08. The molecule has 0 aliphatic carbocycles. The highest BCUT2D eigenvalue weighted by Crippen LogP contribution is 2.19. The number of nitrogens with zero attached hydrogens (tertiary/aromatic N) is 4. The third-order valence-electron chi connectivity index (χ3n) is 2.69. The fourth-order valence-electron chi connectivity index (χ4n) is 1.87. The van der Waals surface area contributed by atoms with Crippen molar-refractivity contribution in [3.63, 3.8) is 0 Å². The van der Waals surface area contributed by atoms with Gasteiger partial charge in [0.15, 0.2) is 0 Å². The van der Waals surface area contributed by atoms with Crippen LogP contribution >= 0.6 is 11.6 Å². The molecule has 100 valence electrons. The lowest BCUT2D eigenvalue weighted by atomic mass is 10.3. The number of halogens is 4. The minimum absolute atomic E-state index is 0.283. The van der Waals surface area contributed by atoms with Crippen LogP contribution in [0.5, 0.6) is 0 Å². The Morgan fingerprint density at radius 1 is 1.17 bits per heavy atom. The summed E-state index contributed by atoms with van der Waals surface area (Å²) in [6.45, 7) is 0.833. The zero-order chi connectivity index (χ0) is 13.2. The fourth-order valence-corrected chi connectivity index (χ4v) is 2.02.